The number of para-hydroxylation sites is 1. The van der Waals surface area contributed by atoms with Crippen molar-refractivity contribution in [1.29, 1.82) is 0 Å². The lowest BCUT2D eigenvalue weighted by atomic mass is 10.0. The number of nitrogens with two attached hydrogens (primary N) is 1. The van der Waals surface area contributed by atoms with Gasteiger partial charge in [-0.1, -0.05) is 12.1 Å². The summed E-state index contributed by atoms with van der Waals surface area (Å²) in [6, 6.07) is 10.1. The average molecular weight is 533 g/mol. The molecule has 0 fully saturated rings. The van der Waals surface area contributed by atoms with E-state index in [0.29, 0.717) is 23.4 Å². The molecular formula is C23H21FN4O6S2. The van der Waals surface area contributed by atoms with E-state index < -0.39 is 33.7 Å². The van der Waals surface area contributed by atoms with Crippen LogP contribution in [0.4, 0.5) is 19.9 Å². The van der Waals surface area contributed by atoms with Crippen LogP contribution in [0.3, 0.4) is 0 Å². The molecule has 1 aliphatic heterocycles. The molecule has 13 heteroatoms. The molecular weight excluding hydrogens is 511 g/mol. The van der Waals surface area contributed by atoms with Crippen LogP contribution < -0.4 is 15.8 Å². The van der Waals surface area contributed by atoms with E-state index >= 15 is 0 Å². The summed E-state index contributed by atoms with van der Waals surface area (Å²) in [5.74, 6) is -2.01. The minimum absolute atomic E-state index is 0.0128. The fraction of sp³-hybridized carbons (Fsp3) is 0.174. The van der Waals surface area contributed by atoms with E-state index in [-0.39, 0.29) is 33.3 Å². The van der Waals surface area contributed by atoms with Gasteiger partial charge in [0.2, 0.25) is 0 Å². The third-order valence-electron chi connectivity index (χ3n) is 5.50. The quantitative estimate of drug-likeness (QED) is 0.444. The second-order valence-corrected chi connectivity index (χ2v) is 10.6. The predicted molar refractivity (Wildman–Crippen MR) is 131 cm³/mol. The average Bonchev–Trinajstić information content (AvgIpc) is 3.21. The molecule has 0 atom stereocenters. The van der Waals surface area contributed by atoms with Crippen LogP contribution in [0.15, 0.2) is 53.4 Å². The van der Waals surface area contributed by atoms with E-state index in [1.54, 1.807) is 12.1 Å². The summed E-state index contributed by atoms with van der Waals surface area (Å²) in [5, 5.41) is 2.85. The molecule has 0 saturated heterocycles. The molecule has 0 radical (unpaired) electrons. The molecule has 0 unspecified atom stereocenters. The third-order valence-corrected chi connectivity index (χ3v) is 8.02. The number of carbonyl (C=O) groups excluding carboxylic acids is 3. The molecule has 4 rings (SSSR count). The number of thiophene rings is 1. The number of rotatable bonds is 6. The molecule has 36 heavy (non-hydrogen) atoms. The van der Waals surface area contributed by atoms with Gasteiger partial charge in [0, 0.05) is 11.4 Å². The number of benzene rings is 2. The van der Waals surface area contributed by atoms with E-state index in [1.165, 1.54) is 24.1 Å². The Kier molecular flexibility index (Phi) is 6.95. The minimum atomic E-state index is -4.12. The standard InChI is InChI=1S/C23H21FN4O6S2/c1-34-23(31)28-11-10-16-18(12-28)35-22(19(16)20(25)29)26-21(30)15-4-2-3-5-17(15)27-36(32,33)14-8-6-13(24)7-9-14/h2-9,27H,10-12H2,1H3,(H2,25,29)(H,26,30). The number of primary amides is 1. The summed E-state index contributed by atoms with van der Waals surface area (Å²) in [6.07, 6.45) is -0.161. The largest absolute Gasteiger partial charge is 0.453 e. The Balaban J connectivity index is 1.62. The van der Waals surface area contributed by atoms with Crippen molar-refractivity contribution in [2.75, 3.05) is 23.7 Å². The molecule has 3 amide bonds. The molecule has 2 aromatic carbocycles. The maximum Gasteiger partial charge on any atom is 0.409 e. The molecule has 0 bridgehead atoms. The van der Waals surface area contributed by atoms with Gasteiger partial charge in [0.25, 0.3) is 21.8 Å². The number of methoxy groups -OCH3 is 1. The lowest BCUT2D eigenvalue weighted by Gasteiger charge is -2.25. The molecule has 10 nitrogen and oxygen atoms in total. The number of halogens is 1. The van der Waals surface area contributed by atoms with Gasteiger partial charge in [-0.05, 0) is 48.4 Å². The number of hydrogen-bond donors (Lipinski definition) is 3. The summed E-state index contributed by atoms with van der Waals surface area (Å²) >= 11 is 1.11. The smallest absolute Gasteiger partial charge is 0.409 e. The Morgan fingerprint density at radius 3 is 2.47 bits per heavy atom. The zero-order chi connectivity index (χ0) is 26.0. The first-order chi connectivity index (χ1) is 17.1. The van der Waals surface area contributed by atoms with Gasteiger partial charge in [0.15, 0.2) is 0 Å². The summed E-state index contributed by atoms with van der Waals surface area (Å²) in [7, 11) is -2.84. The van der Waals surface area contributed by atoms with Gasteiger partial charge in [-0.25, -0.2) is 17.6 Å². The third kappa shape index (κ3) is 5.02. The number of carbonyl (C=O) groups is 3. The van der Waals surface area contributed by atoms with Crippen LogP contribution >= 0.6 is 11.3 Å². The first-order valence-electron chi connectivity index (χ1n) is 10.6. The topological polar surface area (TPSA) is 148 Å². The summed E-state index contributed by atoms with van der Waals surface area (Å²) in [5.41, 5.74) is 6.37. The van der Waals surface area contributed by atoms with Crippen LogP contribution in [0.25, 0.3) is 0 Å². The minimum Gasteiger partial charge on any atom is -0.453 e. The highest BCUT2D eigenvalue weighted by molar-refractivity contribution is 7.92. The van der Waals surface area contributed by atoms with Gasteiger partial charge >= 0.3 is 6.09 Å². The summed E-state index contributed by atoms with van der Waals surface area (Å²) in [4.78, 5) is 39.3. The normalized spacial score (nSPS) is 13.0. The number of sulfonamides is 1. The van der Waals surface area contributed by atoms with Crippen molar-refractivity contribution in [2.45, 2.75) is 17.9 Å². The van der Waals surface area contributed by atoms with Crippen molar-refractivity contribution in [3.05, 3.63) is 75.9 Å². The van der Waals surface area contributed by atoms with Crippen molar-refractivity contribution >= 4 is 50.0 Å². The molecule has 4 N–H and O–H groups in total. The highest BCUT2D eigenvalue weighted by Crippen LogP contribution is 2.37. The first-order valence-corrected chi connectivity index (χ1v) is 12.9. The Hall–Kier alpha value is -3.97. The maximum absolute atomic E-state index is 13.2. The zero-order valence-electron chi connectivity index (χ0n) is 18.9. The van der Waals surface area contributed by atoms with E-state index in [4.69, 9.17) is 10.5 Å². The molecule has 2 heterocycles. The van der Waals surface area contributed by atoms with E-state index in [1.807, 2.05) is 0 Å². The van der Waals surface area contributed by atoms with Crippen LogP contribution in [0.5, 0.6) is 0 Å². The highest BCUT2D eigenvalue weighted by Gasteiger charge is 2.30. The number of fused-ring (bicyclic) bond motifs is 1. The van der Waals surface area contributed by atoms with Crippen molar-refractivity contribution in [1.82, 2.24) is 4.90 Å². The van der Waals surface area contributed by atoms with Crippen molar-refractivity contribution in [3.8, 4) is 0 Å². The summed E-state index contributed by atoms with van der Waals surface area (Å²) < 4.78 is 45.8. The number of hydrogen-bond acceptors (Lipinski definition) is 7. The molecule has 0 aliphatic carbocycles. The lowest BCUT2D eigenvalue weighted by molar-refractivity contribution is 0.0999. The molecule has 0 saturated carbocycles. The number of nitrogens with one attached hydrogen (secondary N) is 2. The molecule has 1 aliphatic rings. The van der Waals surface area contributed by atoms with Crippen molar-refractivity contribution in [2.24, 2.45) is 5.73 Å². The van der Waals surface area contributed by atoms with E-state index in [0.717, 1.165) is 35.6 Å². The number of ether oxygens (including phenoxy) is 1. The Bertz CT molecular complexity index is 1450. The fourth-order valence-electron chi connectivity index (χ4n) is 3.80. The second kappa shape index (κ2) is 9.95. The van der Waals surface area contributed by atoms with Gasteiger partial charge < -0.3 is 20.7 Å². The van der Waals surface area contributed by atoms with Gasteiger partial charge in [-0.2, -0.15) is 0 Å². The molecule has 1 aromatic heterocycles. The highest BCUT2D eigenvalue weighted by atomic mass is 32.2. The summed E-state index contributed by atoms with van der Waals surface area (Å²) in [6.45, 7) is 0.509. The van der Waals surface area contributed by atoms with Gasteiger partial charge in [0.1, 0.15) is 10.8 Å². The number of amides is 3. The van der Waals surface area contributed by atoms with Gasteiger partial charge in [-0.15, -0.1) is 11.3 Å². The van der Waals surface area contributed by atoms with Crippen LogP contribution in [0.2, 0.25) is 0 Å². The van der Waals surface area contributed by atoms with E-state index in [9.17, 15) is 27.2 Å². The van der Waals surface area contributed by atoms with Crippen LogP contribution in [0, 0.1) is 5.82 Å². The fourth-order valence-corrected chi connectivity index (χ4v) is 6.14. The Labute approximate surface area is 209 Å². The molecule has 188 valence electrons. The SMILES string of the molecule is COC(=O)N1CCc2c(sc(NC(=O)c3ccccc3NS(=O)(=O)c3ccc(F)cc3)c2C(N)=O)C1. The van der Waals surface area contributed by atoms with Gasteiger partial charge in [-0.3, -0.25) is 14.3 Å². The van der Waals surface area contributed by atoms with Crippen LogP contribution in [-0.2, 0) is 27.7 Å². The lowest BCUT2D eigenvalue weighted by Crippen LogP contribution is -2.35. The first kappa shape index (κ1) is 25.1. The number of anilines is 2. The second-order valence-electron chi connectivity index (χ2n) is 7.77. The van der Waals surface area contributed by atoms with Gasteiger partial charge in [0.05, 0.1) is 35.4 Å². The maximum atomic E-state index is 13.2. The molecule has 3 aromatic rings. The van der Waals surface area contributed by atoms with Crippen LogP contribution in [0.1, 0.15) is 31.2 Å². The predicted octanol–water partition coefficient (Wildman–Crippen LogP) is 3.16. The molecule has 0 spiro atoms. The Morgan fingerprint density at radius 2 is 1.81 bits per heavy atom. The van der Waals surface area contributed by atoms with E-state index in [2.05, 4.69) is 10.0 Å². The Morgan fingerprint density at radius 1 is 1.11 bits per heavy atom. The van der Waals surface area contributed by atoms with Crippen molar-refractivity contribution < 1.29 is 31.9 Å². The monoisotopic (exact) mass is 532 g/mol. The number of nitrogens with zero attached hydrogens (tertiary/aromatic N) is 1. The van der Waals surface area contributed by atoms with Crippen molar-refractivity contribution in [3.63, 3.8) is 0 Å². The van der Waals surface area contributed by atoms with Crippen LogP contribution in [-0.4, -0.2) is 44.9 Å². The zero-order valence-corrected chi connectivity index (χ0v) is 20.5.